The summed E-state index contributed by atoms with van der Waals surface area (Å²) in [4.78, 5) is 23.2. The van der Waals surface area contributed by atoms with Gasteiger partial charge in [0.25, 0.3) is 0 Å². The van der Waals surface area contributed by atoms with Crippen LogP contribution in [0.4, 0.5) is 5.13 Å². The van der Waals surface area contributed by atoms with Crippen LogP contribution < -0.4 is 5.32 Å². The lowest BCUT2D eigenvalue weighted by Crippen LogP contribution is -2.18. The molecular formula is C14H21N3O5S2. The minimum Gasteiger partial charge on any atom is -0.465 e. The number of ether oxygens (including phenoxy) is 1. The molecule has 134 valence electrons. The molecule has 24 heavy (non-hydrogen) atoms. The number of sulfone groups is 1. The molecule has 1 aromatic heterocycles. The minimum absolute atomic E-state index is 0.104. The monoisotopic (exact) mass is 375 g/mol. The van der Waals surface area contributed by atoms with E-state index in [9.17, 15) is 18.0 Å². The Balaban J connectivity index is 1.87. The number of nitrogens with zero attached hydrogens (tertiary/aromatic N) is 2. The number of carbonyl (C=O) groups excluding carboxylic acids is 2. The zero-order valence-electron chi connectivity index (χ0n) is 13.5. The lowest BCUT2D eigenvalue weighted by Gasteiger charge is -2.07. The van der Waals surface area contributed by atoms with Crippen LogP contribution >= 0.6 is 11.3 Å². The highest BCUT2D eigenvalue weighted by atomic mass is 32.2. The summed E-state index contributed by atoms with van der Waals surface area (Å²) in [5.41, 5.74) is 0. The average Bonchev–Trinajstić information content (AvgIpc) is 3.16. The van der Waals surface area contributed by atoms with Crippen molar-refractivity contribution in [2.24, 2.45) is 5.92 Å². The number of nitrogens with one attached hydrogen (secondary N) is 1. The Kier molecular flexibility index (Phi) is 6.67. The third-order valence-corrected chi connectivity index (χ3v) is 6.66. The van der Waals surface area contributed by atoms with Crippen molar-refractivity contribution in [2.45, 2.75) is 49.8 Å². The highest BCUT2D eigenvalue weighted by molar-refractivity contribution is 7.94. The van der Waals surface area contributed by atoms with Gasteiger partial charge in [-0.05, 0) is 19.3 Å². The number of hydrogen-bond acceptors (Lipinski definition) is 8. The van der Waals surface area contributed by atoms with E-state index in [-0.39, 0.29) is 22.0 Å². The van der Waals surface area contributed by atoms with E-state index in [1.807, 2.05) is 0 Å². The molecule has 8 nitrogen and oxygen atoms in total. The van der Waals surface area contributed by atoms with Crippen LogP contribution in [0.3, 0.4) is 0 Å². The number of carbonyl (C=O) groups is 2. The lowest BCUT2D eigenvalue weighted by molar-refractivity contribution is -0.140. The molecule has 1 aromatic rings. The third-order valence-electron chi connectivity index (χ3n) is 3.79. The molecule has 0 saturated heterocycles. The minimum atomic E-state index is -3.90. The molecule has 10 heteroatoms. The highest BCUT2D eigenvalue weighted by Gasteiger charge is 2.25. The van der Waals surface area contributed by atoms with Gasteiger partial charge in [-0.25, -0.2) is 8.42 Å². The number of anilines is 1. The normalized spacial score (nSPS) is 15.4. The quantitative estimate of drug-likeness (QED) is 0.544. The van der Waals surface area contributed by atoms with Gasteiger partial charge >= 0.3 is 5.97 Å². The maximum Gasteiger partial charge on any atom is 0.321 e. The Morgan fingerprint density at radius 1 is 1.29 bits per heavy atom. The molecule has 0 spiro atoms. The number of hydrogen-bond donors (Lipinski definition) is 1. The summed E-state index contributed by atoms with van der Waals surface area (Å²) in [5, 5.41) is 9.89. The second-order valence-electron chi connectivity index (χ2n) is 5.67. The van der Waals surface area contributed by atoms with Gasteiger partial charge in [0.2, 0.25) is 25.2 Å². The van der Waals surface area contributed by atoms with Crippen LogP contribution in [0.2, 0.25) is 0 Å². The Labute approximate surface area is 144 Å². The van der Waals surface area contributed by atoms with Crippen molar-refractivity contribution in [2.75, 3.05) is 17.7 Å². The first-order valence-electron chi connectivity index (χ1n) is 7.92. The van der Waals surface area contributed by atoms with Crippen LogP contribution in [0.15, 0.2) is 4.34 Å². The van der Waals surface area contributed by atoms with Crippen LogP contribution in [-0.4, -0.2) is 42.9 Å². The Morgan fingerprint density at radius 2 is 2.00 bits per heavy atom. The molecule has 2 rings (SSSR count). The maximum absolute atomic E-state index is 12.0. The molecule has 0 aliphatic heterocycles. The van der Waals surface area contributed by atoms with Gasteiger partial charge in [-0.3, -0.25) is 9.59 Å². The summed E-state index contributed by atoms with van der Waals surface area (Å²) in [6, 6.07) is 0. The second-order valence-corrected chi connectivity index (χ2v) is 8.82. The molecule has 1 heterocycles. The van der Waals surface area contributed by atoms with Crippen molar-refractivity contribution in [3.8, 4) is 0 Å². The average molecular weight is 375 g/mol. The number of rotatable bonds is 8. The van der Waals surface area contributed by atoms with Crippen molar-refractivity contribution in [3.05, 3.63) is 0 Å². The zero-order valence-corrected chi connectivity index (χ0v) is 15.1. The fourth-order valence-electron chi connectivity index (χ4n) is 2.62. The standard InChI is InChI=1S/C14H21N3O5S2/c1-2-22-12(19)9-24(20,21)14-17-16-13(23-14)15-11(18)8-7-10-5-3-4-6-10/h10H,2-9H2,1H3,(H,15,16,18). The van der Waals surface area contributed by atoms with Crippen LogP contribution in [0.25, 0.3) is 0 Å². The summed E-state index contributed by atoms with van der Waals surface area (Å²) >= 11 is 0.736. The first-order chi connectivity index (χ1) is 11.4. The first-order valence-corrected chi connectivity index (χ1v) is 10.4. The van der Waals surface area contributed by atoms with Crippen molar-refractivity contribution in [3.63, 3.8) is 0 Å². The smallest absolute Gasteiger partial charge is 0.321 e. The number of esters is 1. The van der Waals surface area contributed by atoms with Crippen LogP contribution in [0.5, 0.6) is 0 Å². The summed E-state index contributed by atoms with van der Waals surface area (Å²) < 4.78 is 28.3. The molecule has 1 N–H and O–H groups in total. The fraction of sp³-hybridized carbons (Fsp3) is 0.714. The topological polar surface area (TPSA) is 115 Å². The first kappa shape index (κ1) is 18.8. The molecule has 1 aliphatic carbocycles. The van der Waals surface area contributed by atoms with Crippen LogP contribution in [0.1, 0.15) is 45.4 Å². The summed E-state index contributed by atoms with van der Waals surface area (Å²) in [6.45, 7) is 1.70. The van der Waals surface area contributed by atoms with E-state index >= 15 is 0 Å². The van der Waals surface area contributed by atoms with Gasteiger partial charge in [-0.1, -0.05) is 37.0 Å². The van der Waals surface area contributed by atoms with Gasteiger partial charge in [0.1, 0.15) is 0 Å². The third kappa shape index (κ3) is 5.52. The Bertz CT molecular complexity index is 680. The fourth-order valence-corrected chi connectivity index (χ4v) is 4.72. The molecular weight excluding hydrogens is 354 g/mol. The molecule has 0 unspecified atom stereocenters. The molecule has 0 radical (unpaired) electrons. The summed E-state index contributed by atoms with van der Waals surface area (Å²) in [6.07, 6.45) is 6.01. The van der Waals surface area contributed by atoms with Gasteiger partial charge < -0.3 is 10.1 Å². The predicted octanol–water partition coefficient (Wildman–Crippen LogP) is 1.78. The van der Waals surface area contributed by atoms with Gasteiger partial charge in [0.15, 0.2) is 5.75 Å². The molecule has 1 fully saturated rings. The molecule has 1 saturated carbocycles. The van der Waals surface area contributed by atoms with Crippen LogP contribution in [-0.2, 0) is 24.2 Å². The van der Waals surface area contributed by atoms with Gasteiger partial charge in [-0.15, -0.1) is 10.2 Å². The highest BCUT2D eigenvalue weighted by Crippen LogP contribution is 2.28. The van der Waals surface area contributed by atoms with Crippen LogP contribution in [0, 0.1) is 5.92 Å². The van der Waals surface area contributed by atoms with Crippen molar-refractivity contribution < 1.29 is 22.7 Å². The van der Waals surface area contributed by atoms with Gasteiger partial charge in [0.05, 0.1) is 6.61 Å². The maximum atomic E-state index is 12.0. The van der Waals surface area contributed by atoms with E-state index in [4.69, 9.17) is 0 Å². The van der Waals surface area contributed by atoms with E-state index < -0.39 is 21.6 Å². The van der Waals surface area contributed by atoms with Crippen molar-refractivity contribution >= 4 is 38.2 Å². The predicted molar refractivity (Wildman–Crippen MR) is 88.4 cm³/mol. The zero-order chi connectivity index (χ0) is 17.6. The molecule has 0 atom stereocenters. The number of amides is 1. The van der Waals surface area contributed by atoms with Gasteiger partial charge in [-0.2, -0.15) is 0 Å². The van der Waals surface area contributed by atoms with Gasteiger partial charge in [0, 0.05) is 6.42 Å². The number of aromatic nitrogens is 2. The Hall–Kier alpha value is -1.55. The largest absolute Gasteiger partial charge is 0.465 e. The van der Waals surface area contributed by atoms with Crippen molar-refractivity contribution in [1.82, 2.24) is 10.2 Å². The second kappa shape index (κ2) is 8.52. The lowest BCUT2D eigenvalue weighted by atomic mass is 10.0. The molecule has 0 aromatic carbocycles. The molecule has 1 aliphatic rings. The Morgan fingerprint density at radius 3 is 2.67 bits per heavy atom. The molecule has 1 amide bonds. The SMILES string of the molecule is CCOC(=O)CS(=O)(=O)c1nnc(NC(=O)CCC2CCCC2)s1. The summed E-state index contributed by atoms with van der Waals surface area (Å²) in [7, 11) is -3.90. The van der Waals surface area contributed by atoms with E-state index in [0.29, 0.717) is 12.3 Å². The van der Waals surface area contributed by atoms with Crippen molar-refractivity contribution in [1.29, 1.82) is 0 Å². The molecule has 0 bridgehead atoms. The summed E-state index contributed by atoms with van der Waals surface area (Å²) in [5.74, 6) is -1.22. The van der Waals surface area contributed by atoms with E-state index in [0.717, 1.165) is 17.8 Å². The van der Waals surface area contributed by atoms with E-state index in [1.54, 1.807) is 6.92 Å². The van der Waals surface area contributed by atoms with E-state index in [2.05, 4.69) is 20.3 Å². The van der Waals surface area contributed by atoms with E-state index in [1.165, 1.54) is 25.7 Å².